The molecule has 1 aromatic heterocycles. The Bertz CT molecular complexity index is 1170. The molecule has 3 N–H and O–H groups in total. The molecule has 0 spiro atoms. The fourth-order valence-electron chi connectivity index (χ4n) is 3.25. The summed E-state index contributed by atoms with van der Waals surface area (Å²) in [5.41, 5.74) is 2.14. The first-order valence-electron chi connectivity index (χ1n) is 8.79. The van der Waals surface area contributed by atoms with Crippen LogP contribution in [-0.4, -0.2) is 27.8 Å². The second-order valence-corrected chi connectivity index (χ2v) is 6.94. The van der Waals surface area contributed by atoms with Crippen LogP contribution in [0.3, 0.4) is 0 Å². The number of fused-ring (bicyclic) bond motifs is 3. The first-order chi connectivity index (χ1) is 13.3. The number of rotatable bonds is 4. The molecule has 7 heteroatoms. The van der Waals surface area contributed by atoms with Crippen molar-refractivity contribution in [3.05, 3.63) is 59.2 Å². The number of Topliss-reactive ketones (excluding diaryl/α,β-unsaturated/α-hetero) is 1. The fraction of sp³-hybridized carbons (Fsp3) is 0.143. The molecule has 0 saturated carbocycles. The summed E-state index contributed by atoms with van der Waals surface area (Å²) in [6.45, 7) is 4.17. The molecule has 3 aromatic rings. The molecule has 0 unspecified atom stereocenters. The van der Waals surface area contributed by atoms with Gasteiger partial charge in [-0.15, -0.1) is 0 Å². The smallest absolute Gasteiger partial charge is 0.335 e. The number of carbonyl (C=O) groups excluding carboxylic acids is 2. The lowest BCUT2D eigenvalue weighted by atomic mass is 10.0. The number of ketones is 1. The van der Waals surface area contributed by atoms with Crippen LogP contribution in [0.2, 0.25) is 0 Å². The normalized spacial score (nSPS) is 13.0. The van der Waals surface area contributed by atoms with E-state index in [0.29, 0.717) is 22.5 Å². The summed E-state index contributed by atoms with van der Waals surface area (Å²) in [5, 5.41) is 15.9. The minimum Gasteiger partial charge on any atom is -0.478 e. The monoisotopic (exact) mass is 375 g/mol. The van der Waals surface area contributed by atoms with Gasteiger partial charge in [-0.25, -0.2) is 9.78 Å². The van der Waals surface area contributed by atoms with E-state index in [1.807, 2.05) is 24.3 Å². The third kappa shape index (κ3) is 2.87. The molecule has 0 aliphatic carbocycles. The summed E-state index contributed by atoms with van der Waals surface area (Å²) in [5.74, 6) is -1.63. The first-order valence-corrected chi connectivity index (χ1v) is 8.79. The second kappa shape index (κ2) is 6.45. The van der Waals surface area contributed by atoms with Crippen molar-refractivity contribution < 1.29 is 19.5 Å². The van der Waals surface area contributed by atoms with Crippen LogP contribution in [0.5, 0.6) is 0 Å². The van der Waals surface area contributed by atoms with Gasteiger partial charge >= 0.3 is 5.97 Å². The Hall–Kier alpha value is -3.74. The van der Waals surface area contributed by atoms with Crippen molar-refractivity contribution in [2.75, 3.05) is 10.6 Å². The van der Waals surface area contributed by atoms with Crippen LogP contribution in [0.15, 0.2) is 42.5 Å². The Kier molecular flexibility index (Phi) is 4.07. The highest BCUT2D eigenvalue weighted by atomic mass is 16.4. The molecule has 7 nitrogen and oxygen atoms in total. The van der Waals surface area contributed by atoms with Gasteiger partial charge in [0.1, 0.15) is 11.6 Å². The summed E-state index contributed by atoms with van der Waals surface area (Å²) in [4.78, 5) is 39.9. The number of hydrogen-bond acceptors (Lipinski definition) is 5. The number of hydrogen-bond donors (Lipinski definition) is 3. The summed E-state index contributed by atoms with van der Waals surface area (Å²) in [6.07, 6.45) is 0. The van der Waals surface area contributed by atoms with Gasteiger partial charge in [-0.1, -0.05) is 32.0 Å². The van der Waals surface area contributed by atoms with Gasteiger partial charge in [-0.05, 0) is 35.7 Å². The number of aromatic nitrogens is 1. The van der Waals surface area contributed by atoms with Gasteiger partial charge in [0.25, 0.3) is 11.7 Å². The molecule has 1 aliphatic rings. The number of carbonyl (C=O) groups is 3. The molecule has 1 aliphatic heterocycles. The lowest BCUT2D eigenvalue weighted by Crippen LogP contribution is -2.12. The van der Waals surface area contributed by atoms with E-state index in [1.165, 1.54) is 18.2 Å². The summed E-state index contributed by atoms with van der Waals surface area (Å²) < 4.78 is 0. The van der Waals surface area contributed by atoms with E-state index in [4.69, 9.17) is 0 Å². The molecule has 4 rings (SSSR count). The fourth-order valence-corrected chi connectivity index (χ4v) is 3.25. The zero-order chi connectivity index (χ0) is 20.0. The van der Waals surface area contributed by atoms with Crippen LogP contribution in [-0.2, 0) is 4.79 Å². The van der Waals surface area contributed by atoms with Crippen molar-refractivity contribution in [1.29, 1.82) is 0 Å². The zero-order valence-corrected chi connectivity index (χ0v) is 15.2. The maximum absolute atomic E-state index is 12.2. The SMILES string of the molecule is CC(C)c1cccc(Nc2nc3c(c4ccc(C(=O)O)cc24)C(=O)C(=O)N3)c1. The van der Waals surface area contributed by atoms with E-state index in [1.54, 1.807) is 0 Å². The highest BCUT2D eigenvalue weighted by Gasteiger charge is 2.32. The van der Waals surface area contributed by atoms with Crippen LogP contribution in [0.25, 0.3) is 10.8 Å². The van der Waals surface area contributed by atoms with E-state index < -0.39 is 17.7 Å². The van der Waals surface area contributed by atoms with Gasteiger partial charge in [-0.3, -0.25) is 9.59 Å². The molecular formula is C21H17N3O4. The molecule has 0 bridgehead atoms. The molecule has 0 atom stereocenters. The topological polar surface area (TPSA) is 108 Å². The zero-order valence-electron chi connectivity index (χ0n) is 15.2. The number of benzene rings is 2. The second-order valence-electron chi connectivity index (χ2n) is 6.94. The Balaban J connectivity index is 1.91. The number of carboxylic acids is 1. The molecule has 2 aromatic carbocycles. The van der Waals surface area contributed by atoms with Crippen LogP contribution in [0, 0.1) is 0 Å². The third-order valence-electron chi connectivity index (χ3n) is 4.73. The van der Waals surface area contributed by atoms with E-state index >= 15 is 0 Å². The number of pyridine rings is 1. The van der Waals surface area contributed by atoms with Crippen molar-refractivity contribution in [3.8, 4) is 0 Å². The number of amides is 1. The third-order valence-corrected chi connectivity index (χ3v) is 4.73. The van der Waals surface area contributed by atoms with Gasteiger partial charge in [0.2, 0.25) is 0 Å². The molecule has 140 valence electrons. The maximum Gasteiger partial charge on any atom is 0.335 e. The van der Waals surface area contributed by atoms with Crippen LogP contribution >= 0.6 is 0 Å². The largest absolute Gasteiger partial charge is 0.478 e. The molecule has 1 amide bonds. The van der Waals surface area contributed by atoms with Gasteiger partial charge in [0, 0.05) is 16.5 Å². The Morgan fingerprint density at radius 3 is 2.61 bits per heavy atom. The number of nitrogens with zero attached hydrogens (tertiary/aromatic N) is 1. The van der Waals surface area contributed by atoms with E-state index in [0.717, 1.165) is 11.3 Å². The lowest BCUT2D eigenvalue weighted by molar-refractivity contribution is -0.112. The highest BCUT2D eigenvalue weighted by molar-refractivity contribution is 6.53. The van der Waals surface area contributed by atoms with Gasteiger partial charge in [0.05, 0.1) is 11.1 Å². The molecule has 0 fully saturated rings. The predicted octanol–water partition coefficient (Wildman–Crippen LogP) is 3.93. The highest BCUT2D eigenvalue weighted by Crippen LogP contribution is 2.35. The van der Waals surface area contributed by atoms with Gasteiger partial charge in [0.15, 0.2) is 0 Å². The van der Waals surface area contributed by atoms with Gasteiger partial charge < -0.3 is 15.7 Å². The molecular weight excluding hydrogens is 358 g/mol. The van der Waals surface area contributed by atoms with Gasteiger partial charge in [-0.2, -0.15) is 0 Å². The Morgan fingerprint density at radius 2 is 1.89 bits per heavy atom. The standard InChI is InChI=1S/C21H17N3O4/c1-10(2)11-4-3-5-13(8-11)22-18-15-9-12(21(27)28)6-7-14(15)16-17(25)20(26)24-19(16)23-18/h3-10H,1-2H3,(H,27,28)(H2,22,23,24,25,26). The maximum atomic E-state index is 12.2. The minimum atomic E-state index is -1.09. The first kappa shape index (κ1) is 17.7. The van der Waals surface area contributed by atoms with Crippen molar-refractivity contribution in [3.63, 3.8) is 0 Å². The number of aromatic carboxylic acids is 1. The van der Waals surface area contributed by atoms with Crippen molar-refractivity contribution >= 4 is 45.8 Å². The number of carboxylic acid groups (broad SMARTS) is 1. The molecule has 0 radical (unpaired) electrons. The molecule has 2 heterocycles. The van der Waals surface area contributed by atoms with E-state index in [-0.39, 0.29) is 16.9 Å². The van der Waals surface area contributed by atoms with Crippen LogP contribution < -0.4 is 10.6 Å². The van der Waals surface area contributed by atoms with Crippen molar-refractivity contribution in [2.24, 2.45) is 0 Å². The molecule has 0 saturated heterocycles. The molecule has 28 heavy (non-hydrogen) atoms. The Morgan fingerprint density at radius 1 is 1.11 bits per heavy atom. The van der Waals surface area contributed by atoms with Crippen molar-refractivity contribution in [1.82, 2.24) is 4.98 Å². The quantitative estimate of drug-likeness (QED) is 0.596. The summed E-state index contributed by atoms with van der Waals surface area (Å²) in [7, 11) is 0. The van der Waals surface area contributed by atoms with E-state index in [9.17, 15) is 19.5 Å². The minimum absolute atomic E-state index is 0.0676. The average molecular weight is 375 g/mol. The number of anilines is 3. The Labute approximate surface area is 160 Å². The predicted molar refractivity (Wildman–Crippen MR) is 105 cm³/mol. The van der Waals surface area contributed by atoms with Crippen LogP contribution in [0.1, 0.15) is 46.0 Å². The van der Waals surface area contributed by atoms with Crippen LogP contribution in [0.4, 0.5) is 17.3 Å². The van der Waals surface area contributed by atoms with Crippen molar-refractivity contribution in [2.45, 2.75) is 19.8 Å². The number of nitrogens with one attached hydrogen (secondary N) is 2. The summed E-state index contributed by atoms with van der Waals surface area (Å²) in [6, 6.07) is 12.2. The average Bonchev–Trinajstić information content (AvgIpc) is 2.95. The summed E-state index contributed by atoms with van der Waals surface area (Å²) >= 11 is 0. The lowest BCUT2D eigenvalue weighted by Gasteiger charge is -2.14. The van der Waals surface area contributed by atoms with E-state index in [2.05, 4.69) is 29.5 Å².